The molecule has 108 valence electrons. The van der Waals surface area contributed by atoms with Gasteiger partial charge in [0.15, 0.2) is 0 Å². The van der Waals surface area contributed by atoms with Gasteiger partial charge in [-0.3, -0.25) is 5.41 Å². The van der Waals surface area contributed by atoms with E-state index in [9.17, 15) is 4.39 Å². The van der Waals surface area contributed by atoms with Crippen molar-refractivity contribution in [3.8, 4) is 5.75 Å². The Morgan fingerprint density at radius 1 is 1.05 bits per heavy atom. The molecule has 0 aliphatic heterocycles. The fourth-order valence-electron chi connectivity index (χ4n) is 2.40. The van der Waals surface area contributed by atoms with Gasteiger partial charge in [0.25, 0.3) is 0 Å². The van der Waals surface area contributed by atoms with E-state index in [4.69, 9.17) is 10.1 Å². The van der Waals surface area contributed by atoms with Crippen LogP contribution < -0.4 is 10.4 Å². The summed E-state index contributed by atoms with van der Waals surface area (Å²) in [7, 11) is 1.88. The second kappa shape index (κ2) is 5.44. The average Bonchev–Trinajstić information content (AvgIpc) is 2.75. The third-order valence-electron chi connectivity index (χ3n) is 3.50. The van der Waals surface area contributed by atoms with E-state index in [0.29, 0.717) is 24.5 Å². The minimum atomic E-state index is -0.278. The quantitative estimate of drug-likeness (QED) is 0.787. The van der Waals surface area contributed by atoms with Crippen molar-refractivity contribution in [3.63, 3.8) is 0 Å². The van der Waals surface area contributed by atoms with Crippen molar-refractivity contribution in [2.75, 3.05) is 6.61 Å². The number of aromatic nitrogens is 2. The van der Waals surface area contributed by atoms with Crippen molar-refractivity contribution in [3.05, 3.63) is 60.0 Å². The molecule has 1 heterocycles. The zero-order valence-electron chi connectivity index (χ0n) is 11.7. The third-order valence-corrected chi connectivity index (χ3v) is 3.50. The van der Waals surface area contributed by atoms with Crippen molar-refractivity contribution in [1.82, 2.24) is 9.13 Å². The minimum Gasteiger partial charge on any atom is -0.492 e. The Morgan fingerprint density at radius 3 is 2.43 bits per heavy atom. The lowest BCUT2D eigenvalue weighted by atomic mass is 10.3. The van der Waals surface area contributed by atoms with E-state index >= 15 is 0 Å². The second-order valence-corrected chi connectivity index (χ2v) is 4.83. The number of hydrogen-bond donors (Lipinski definition) is 1. The van der Waals surface area contributed by atoms with E-state index in [0.717, 1.165) is 11.0 Å². The molecule has 0 saturated heterocycles. The molecule has 0 saturated carbocycles. The largest absolute Gasteiger partial charge is 0.492 e. The van der Waals surface area contributed by atoms with Gasteiger partial charge in [0.2, 0.25) is 5.62 Å². The van der Waals surface area contributed by atoms with Gasteiger partial charge in [0, 0.05) is 7.05 Å². The van der Waals surface area contributed by atoms with Gasteiger partial charge < -0.3 is 13.9 Å². The van der Waals surface area contributed by atoms with Gasteiger partial charge in [-0.15, -0.1) is 0 Å². The van der Waals surface area contributed by atoms with E-state index in [1.54, 1.807) is 12.1 Å². The monoisotopic (exact) mass is 285 g/mol. The van der Waals surface area contributed by atoms with Gasteiger partial charge >= 0.3 is 0 Å². The second-order valence-electron chi connectivity index (χ2n) is 4.83. The van der Waals surface area contributed by atoms with Crippen LogP contribution in [0.25, 0.3) is 11.0 Å². The van der Waals surface area contributed by atoms with Crippen LogP contribution in [0.5, 0.6) is 5.75 Å². The Hall–Kier alpha value is -2.56. The summed E-state index contributed by atoms with van der Waals surface area (Å²) in [6.45, 7) is 0.994. The third kappa shape index (κ3) is 2.54. The summed E-state index contributed by atoms with van der Waals surface area (Å²) in [5.41, 5.74) is 2.45. The normalized spacial score (nSPS) is 11.0. The molecule has 0 unspecified atom stereocenters. The fourth-order valence-corrected chi connectivity index (χ4v) is 2.40. The van der Waals surface area contributed by atoms with Gasteiger partial charge in [0.1, 0.15) is 18.2 Å². The lowest BCUT2D eigenvalue weighted by molar-refractivity contribution is 0.296. The molecule has 21 heavy (non-hydrogen) atoms. The van der Waals surface area contributed by atoms with Crippen molar-refractivity contribution < 1.29 is 9.13 Å². The van der Waals surface area contributed by atoms with Crippen LogP contribution in [0.1, 0.15) is 0 Å². The number of imidazole rings is 1. The predicted octanol–water partition coefficient (Wildman–Crippen LogP) is 2.68. The SMILES string of the molecule is Cn1c(=N)n(CCOc2ccc(F)cc2)c2ccccc21. The number of benzene rings is 2. The molecule has 2 aromatic carbocycles. The number of nitrogens with one attached hydrogen (secondary N) is 1. The van der Waals surface area contributed by atoms with Crippen LogP contribution in [0.3, 0.4) is 0 Å². The minimum absolute atomic E-state index is 0.278. The predicted molar refractivity (Wildman–Crippen MR) is 78.7 cm³/mol. The molecule has 0 fully saturated rings. The summed E-state index contributed by atoms with van der Waals surface area (Å²) in [4.78, 5) is 0. The number of nitrogens with zero attached hydrogens (tertiary/aromatic N) is 2. The number of halogens is 1. The Bertz CT molecular complexity index is 818. The van der Waals surface area contributed by atoms with E-state index in [1.165, 1.54) is 12.1 Å². The molecule has 1 N–H and O–H groups in total. The highest BCUT2D eigenvalue weighted by molar-refractivity contribution is 5.75. The number of para-hydroxylation sites is 2. The van der Waals surface area contributed by atoms with Crippen LogP contribution in [0.2, 0.25) is 0 Å². The number of aryl methyl sites for hydroxylation is 1. The molecule has 0 radical (unpaired) electrons. The molecule has 5 heteroatoms. The first-order valence-corrected chi connectivity index (χ1v) is 6.74. The Balaban J connectivity index is 1.78. The van der Waals surface area contributed by atoms with Gasteiger partial charge in [-0.1, -0.05) is 12.1 Å². The Morgan fingerprint density at radius 2 is 1.71 bits per heavy atom. The first-order valence-electron chi connectivity index (χ1n) is 6.74. The molecule has 0 aliphatic rings. The summed E-state index contributed by atoms with van der Waals surface area (Å²) in [5, 5.41) is 8.16. The molecule has 0 amide bonds. The topological polar surface area (TPSA) is 42.9 Å². The molecule has 3 aromatic rings. The van der Waals surface area contributed by atoms with Crippen molar-refractivity contribution in [2.45, 2.75) is 6.54 Å². The smallest absolute Gasteiger partial charge is 0.202 e. The number of ether oxygens (including phenoxy) is 1. The molecule has 1 aromatic heterocycles. The van der Waals surface area contributed by atoms with E-state index in [2.05, 4.69) is 0 Å². The lowest BCUT2D eigenvalue weighted by Gasteiger charge is -2.07. The molecule has 0 aliphatic carbocycles. The Labute approximate surface area is 121 Å². The molecule has 3 rings (SSSR count). The maximum atomic E-state index is 12.8. The highest BCUT2D eigenvalue weighted by atomic mass is 19.1. The molecular weight excluding hydrogens is 269 g/mol. The molecule has 0 bridgehead atoms. The fraction of sp³-hybridized carbons (Fsp3) is 0.188. The van der Waals surface area contributed by atoms with Crippen LogP contribution in [0.4, 0.5) is 4.39 Å². The maximum absolute atomic E-state index is 12.8. The van der Waals surface area contributed by atoms with Gasteiger partial charge in [-0.05, 0) is 36.4 Å². The highest BCUT2D eigenvalue weighted by Gasteiger charge is 2.07. The van der Waals surface area contributed by atoms with Crippen molar-refractivity contribution >= 4 is 11.0 Å². The van der Waals surface area contributed by atoms with Crippen LogP contribution in [0.15, 0.2) is 48.5 Å². The summed E-state index contributed by atoms with van der Waals surface area (Å²) >= 11 is 0. The summed E-state index contributed by atoms with van der Waals surface area (Å²) in [5.74, 6) is 0.350. The molecular formula is C16H16FN3O. The number of hydrogen-bond acceptors (Lipinski definition) is 2. The summed E-state index contributed by atoms with van der Waals surface area (Å²) < 4.78 is 22.2. The van der Waals surface area contributed by atoms with Gasteiger partial charge in [-0.2, -0.15) is 0 Å². The van der Waals surface area contributed by atoms with Crippen LogP contribution in [0, 0.1) is 11.2 Å². The van der Waals surface area contributed by atoms with Crippen molar-refractivity contribution in [1.29, 1.82) is 5.41 Å². The molecule has 0 atom stereocenters. The molecule has 4 nitrogen and oxygen atoms in total. The first-order chi connectivity index (χ1) is 10.2. The maximum Gasteiger partial charge on any atom is 0.202 e. The Kier molecular flexibility index (Phi) is 3.48. The van der Waals surface area contributed by atoms with E-state index < -0.39 is 0 Å². The van der Waals surface area contributed by atoms with Crippen LogP contribution in [-0.4, -0.2) is 15.7 Å². The first kappa shape index (κ1) is 13.4. The van der Waals surface area contributed by atoms with Crippen LogP contribution >= 0.6 is 0 Å². The molecule has 0 spiro atoms. The summed E-state index contributed by atoms with van der Waals surface area (Å²) in [6.07, 6.45) is 0. The standard InChI is InChI=1S/C16H16FN3O/c1-19-14-4-2-3-5-15(14)20(16(19)18)10-11-21-13-8-6-12(17)7-9-13/h2-9,18H,10-11H2,1H3. The van der Waals surface area contributed by atoms with Gasteiger partial charge in [0.05, 0.1) is 17.6 Å². The highest BCUT2D eigenvalue weighted by Crippen LogP contribution is 2.13. The van der Waals surface area contributed by atoms with E-state index in [1.807, 2.05) is 40.4 Å². The zero-order valence-corrected chi connectivity index (χ0v) is 11.7. The average molecular weight is 285 g/mol. The number of fused-ring (bicyclic) bond motifs is 1. The zero-order chi connectivity index (χ0) is 14.8. The van der Waals surface area contributed by atoms with Crippen molar-refractivity contribution in [2.24, 2.45) is 7.05 Å². The van der Waals surface area contributed by atoms with Crippen LogP contribution in [-0.2, 0) is 13.6 Å². The summed E-state index contributed by atoms with van der Waals surface area (Å²) in [6, 6.07) is 13.8. The number of rotatable bonds is 4. The van der Waals surface area contributed by atoms with Gasteiger partial charge in [-0.25, -0.2) is 4.39 Å². The van der Waals surface area contributed by atoms with E-state index in [-0.39, 0.29) is 5.82 Å². The lowest BCUT2D eigenvalue weighted by Crippen LogP contribution is -2.24.